The zero-order valence-electron chi connectivity index (χ0n) is 6.15. The first-order valence-electron chi connectivity index (χ1n) is 3.25. The normalized spacial score (nSPS) is 9.22. The van der Waals surface area contributed by atoms with E-state index in [1.165, 1.54) is 5.57 Å². The van der Waals surface area contributed by atoms with Crippen LogP contribution in [0, 0.1) is 0 Å². The zero-order valence-corrected chi connectivity index (χ0v) is 7.15. The van der Waals surface area contributed by atoms with Crippen LogP contribution >= 0.6 is 0 Å². The number of allylic oxidation sites excluding steroid dienone is 1. The Balaban J connectivity index is 3.00. The van der Waals surface area contributed by atoms with E-state index in [2.05, 4.69) is 19.5 Å². The molecule has 0 heterocycles. The Kier molecular flexibility index (Phi) is 5.99. The van der Waals surface area contributed by atoms with Crippen molar-refractivity contribution in [3.63, 3.8) is 0 Å². The highest BCUT2D eigenvalue weighted by atomic mass is 28.2. The predicted octanol–water partition coefficient (Wildman–Crippen LogP) is 1.41. The second-order valence-electron chi connectivity index (χ2n) is 2.25. The highest BCUT2D eigenvalue weighted by Crippen LogP contribution is 1.91. The topological polar surface area (TPSA) is 20.2 Å². The highest BCUT2D eigenvalue weighted by Gasteiger charge is 1.83. The molecule has 0 saturated heterocycles. The van der Waals surface area contributed by atoms with Crippen molar-refractivity contribution in [3.05, 3.63) is 11.3 Å². The van der Waals surface area contributed by atoms with Gasteiger partial charge in [-0.05, 0) is 20.3 Å². The molecule has 0 aromatic heterocycles. The molecule has 0 aromatic rings. The van der Waals surface area contributed by atoms with E-state index < -0.39 is 0 Å². The number of hydrogen-bond acceptors (Lipinski definition) is 1. The molecule has 1 N–H and O–H groups in total. The average Bonchev–Trinajstić information content (AvgIpc) is 1.80. The summed E-state index contributed by atoms with van der Waals surface area (Å²) in [5.74, 6) is 0. The maximum absolute atomic E-state index is 8.42. The third-order valence-corrected chi connectivity index (χ3v) is 2.29. The molecule has 0 spiro atoms. The monoisotopic (exact) mass is 142 g/mol. The van der Waals surface area contributed by atoms with Gasteiger partial charge in [0.2, 0.25) is 0 Å². The van der Waals surface area contributed by atoms with Gasteiger partial charge in [-0.2, -0.15) is 0 Å². The van der Waals surface area contributed by atoms with E-state index in [9.17, 15) is 0 Å². The minimum Gasteiger partial charge on any atom is -0.396 e. The predicted molar refractivity (Wildman–Crippen MR) is 41.7 cm³/mol. The van der Waals surface area contributed by atoms with Crippen LogP contribution in [-0.4, -0.2) is 21.2 Å². The second-order valence-corrected chi connectivity index (χ2v) is 3.45. The maximum atomic E-state index is 8.42. The van der Waals surface area contributed by atoms with E-state index in [1.807, 2.05) is 0 Å². The number of aliphatic hydroxyl groups is 1. The summed E-state index contributed by atoms with van der Waals surface area (Å²) in [6, 6.07) is 1.14. The average molecular weight is 142 g/mol. The molecule has 0 aromatic carbocycles. The van der Waals surface area contributed by atoms with Crippen molar-refractivity contribution < 1.29 is 5.11 Å². The first-order chi connectivity index (χ1) is 4.27. The molecule has 0 atom stereocenters. The molecule has 0 fully saturated rings. The molecule has 1 nitrogen and oxygen atoms in total. The van der Waals surface area contributed by atoms with E-state index in [-0.39, 0.29) is 0 Å². The molecule has 0 aliphatic rings. The summed E-state index contributed by atoms with van der Waals surface area (Å²) in [5, 5.41) is 8.42. The van der Waals surface area contributed by atoms with Gasteiger partial charge in [0.25, 0.3) is 0 Å². The fraction of sp³-hybridized carbons (Fsp3) is 0.714. The zero-order chi connectivity index (χ0) is 7.11. The molecule has 52 valence electrons. The lowest BCUT2D eigenvalue weighted by Crippen LogP contribution is -1.88. The molecule has 0 amide bonds. The molecular formula is C7H14OSi. The van der Waals surface area contributed by atoms with Gasteiger partial charge in [-0.15, -0.1) is 5.70 Å². The Bertz CT molecular complexity index is 84.9. The van der Waals surface area contributed by atoms with Gasteiger partial charge in [0, 0.05) is 6.61 Å². The lowest BCUT2D eigenvalue weighted by molar-refractivity contribution is 0.295. The van der Waals surface area contributed by atoms with E-state index >= 15 is 0 Å². The molecule has 2 heteroatoms. The Labute approximate surface area is 59.6 Å². The summed E-state index contributed by atoms with van der Waals surface area (Å²) >= 11 is 0. The minimum absolute atomic E-state index is 0.337. The lowest BCUT2D eigenvalue weighted by atomic mass is 10.4. The van der Waals surface area contributed by atoms with Gasteiger partial charge in [-0.3, -0.25) is 0 Å². The Morgan fingerprint density at radius 1 is 1.56 bits per heavy atom. The Morgan fingerprint density at radius 3 is 2.67 bits per heavy atom. The summed E-state index contributed by atoms with van der Waals surface area (Å²) in [5.41, 5.74) is 3.61. The maximum Gasteiger partial charge on any atom is 0.0703 e. The quantitative estimate of drug-likeness (QED) is 0.465. The molecule has 0 unspecified atom stereocenters. The van der Waals surface area contributed by atoms with Gasteiger partial charge < -0.3 is 5.11 Å². The highest BCUT2D eigenvalue weighted by molar-refractivity contribution is 6.42. The molecule has 0 aliphatic heterocycles. The molecule has 2 radical (unpaired) electrons. The Morgan fingerprint density at radius 2 is 2.22 bits per heavy atom. The first-order valence-corrected chi connectivity index (χ1v) is 4.53. The largest absolute Gasteiger partial charge is 0.396 e. The third kappa shape index (κ3) is 7.92. The van der Waals surface area contributed by atoms with E-state index in [0.29, 0.717) is 6.61 Å². The van der Waals surface area contributed by atoms with Crippen molar-refractivity contribution in [1.82, 2.24) is 0 Å². The number of aliphatic hydroxyl groups excluding tert-OH is 1. The summed E-state index contributed by atoms with van der Waals surface area (Å²) < 4.78 is 0. The van der Waals surface area contributed by atoms with Crippen LogP contribution in [0.3, 0.4) is 0 Å². The molecule has 0 rings (SSSR count). The van der Waals surface area contributed by atoms with Crippen LogP contribution in [0.4, 0.5) is 0 Å². The van der Waals surface area contributed by atoms with Crippen molar-refractivity contribution >= 4 is 9.52 Å². The van der Waals surface area contributed by atoms with Crippen LogP contribution < -0.4 is 0 Å². The van der Waals surface area contributed by atoms with Crippen molar-refractivity contribution in [2.45, 2.75) is 26.3 Å². The van der Waals surface area contributed by atoms with Gasteiger partial charge in [0.05, 0.1) is 9.52 Å². The lowest BCUT2D eigenvalue weighted by Gasteiger charge is -1.90. The van der Waals surface area contributed by atoms with E-state index in [0.717, 1.165) is 22.0 Å². The number of rotatable bonds is 4. The van der Waals surface area contributed by atoms with Crippen LogP contribution in [0.2, 0.25) is 6.04 Å². The van der Waals surface area contributed by atoms with Gasteiger partial charge >= 0.3 is 0 Å². The molecule has 0 bridgehead atoms. The van der Waals surface area contributed by atoms with Crippen LogP contribution in [0.1, 0.15) is 20.3 Å². The molecule has 9 heavy (non-hydrogen) atoms. The van der Waals surface area contributed by atoms with Crippen LogP contribution in [0.15, 0.2) is 11.3 Å². The number of hydrogen-bond donors (Lipinski definition) is 1. The van der Waals surface area contributed by atoms with Crippen LogP contribution in [0.5, 0.6) is 0 Å². The summed E-state index contributed by atoms with van der Waals surface area (Å²) in [4.78, 5) is 0. The molecule has 0 saturated carbocycles. The fourth-order valence-electron chi connectivity index (χ4n) is 0.457. The molecule has 0 aliphatic carbocycles. The fourth-order valence-corrected chi connectivity index (χ4v) is 1.37. The van der Waals surface area contributed by atoms with E-state index in [1.54, 1.807) is 0 Å². The summed E-state index contributed by atoms with van der Waals surface area (Å²) in [6.45, 7) is 4.54. The van der Waals surface area contributed by atoms with Crippen molar-refractivity contribution in [2.24, 2.45) is 0 Å². The summed E-state index contributed by atoms with van der Waals surface area (Å²) in [7, 11) is 0.897. The Hall–Kier alpha value is -0.0831. The standard InChI is InChI=1S/C7H14OSi/c1-7(2)6-9-5-3-4-8/h6,8H,3-5H2,1-2H3. The van der Waals surface area contributed by atoms with Gasteiger partial charge in [0.15, 0.2) is 0 Å². The van der Waals surface area contributed by atoms with Crippen LogP contribution in [-0.2, 0) is 0 Å². The van der Waals surface area contributed by atoms with Crippen molar-refractivity contribution in [3.8, 4) is 0 Å². The minimum atomic E-state index is 0.337. The van der Waals surface area contributed by atoms with Gasteiger partial charge in [-0.1, -0.05) is 11.6 Å². The van der Waals surface area contributed by atoms with Crippen molar-refractivity contribution in [1.29, 1.82) is 0 Å². The third-order valence-electron chi connectivity index (χ3n) is 0.870. The van der Waals surface area contributed by atoms with Gasteiger partial charge in [0.1, 0.15) is 0 Å². The van der Waals surface area contributed by atoms with Crippen LogP contribution in [0.25, 0.3) is 0 Å². The second kappa shape index (κ2) is 6.04. The van der Waals surface area contributed by atoms with E-state index in [4.69, 9.17) is 5.11 Å². The summed E-state index contributed by atoms with van der Waals surface area (Å²) in [6.07, 6.45) is 0.947. The van der Waals surface area contributed by atoms with Gasteiger partial charge in [-0.25, -0.2) is 0 Å². The first kappa shape index (κ1) is 8.92. The van der Waals surface area contributed by atoms with Crippen molar-refractivity contribution in [2.75, 3.05) is 6.61 Å². The molecular weight excluding hydrogens is 128 g/mol. The smallest absolute Gasteiger partial charge is 0.0703 e. The SMILES string of the molecule is CC(C)=C[Si]CCCO.